The van der Waals surface area contributed by atoms with Crippen molar-refractivity contribution in [2.24, 2.45) is 0 Å². The summed E-state index contributed by atoms with van der Waals surface area (Å²) in [5.41, 5.74) is 1.39. The zero-order chi connectivity index (χ0) is 13.4. The van der Waals surface area contributed by atoms with E-state index >= 15 is 0 Å². The average molecular weight is 271 g/mol. The first-order valence-corrected chi connectivity index (χ1v) is 6.42. The van der Waals surface area contributed by atoms with Gasteiger partial charge in [-0.2, -0.15) is 14.6 Å². The molecule has 3 aromatic rings. The number of fused-ring (bicyclic) bond motifs is 1. The molecule has 2 heterocycles. The van der Waals surface area contributed by atoms with E-state index in [2.05, 4.69) is 10.1 Å². The molecule has 0 saturated carbocycles. The highest BCUT2D eigenvalue weighted by molar-refractivity contribution is 7.15. The maximum Gasteiger partial charge on any atom is 0.292 e. The minimum absolute atomic E-state index is 0.256. The van der Waals surface area contributed by atoms with Crippen LogP contribution in [0.1, 0.15) is 11.1 Å². The quantitative estimate of drug-likeness (QED) is 0.641. The van der Waals surface area contributed by atoms with Crippen LogP contribution in [0.25, 0.3) is 11.0 Å². The summed E-state index contributed by atoms with van der Waals surface area (Å²) < 4.78 is 1.65. The topological polar surface area (TPSA) is 64.3 Å². The molecule has 0 aliphatic carbocycles. The third-order valence-corrected chi connectivity index (χ3v) is 3.61. The first-order chi connectivity index (χ1) is 9.13. The van der Waals surface area contributed by atoms with Gasteiger partial charge in [-0.15, -0.1) is 0 Å². The van der Waals surface area contributed by atoms with Crippen molar-refractivity contribution in [3.63, 3.8) is 0 Å². The van der Waals surface area contributed by atoms with Gasteiger partial charge in [0, 0.05) is 0 Å². The summed E-state index contributed by atoms with van der Waals surface area (Å²) in [6.45, 7) is 2.00. The Kier molecular flexibility index (Phi) is 2.72. The Labute approximate surface area is 111 Å². The van der Waals surface area contributed by atoms with E-state index in [9.17, 15) is 9.59 Å². The van der Waals surface area contributed by atoms with Crippen molar-refractivity contribution in [3.8, 4) is 0 Å². The molecule has 1 aromatic carbocycles. The molecule has 94 valence electrons. The number of hydrogen-bond donors (Lipinski definition) is 0. The van der Waals surface area contributed by atoms with Crippen LogP contribution < -0.4 is 15.7 Å². The molecule has 0 saturated heterocycles. The Morgan fingerprint density at radius 2 is 1.95 bits per heavy atom. The summed E-state index contributed by atoms with van der Waals surface area (Å²) in [6, 6.07) is 7.82. The molecule has 5 nitrogen and oxygen atoms in total. The van der Waals surface area contributed by atoms with Gasteiger partial charge in [-0.1, -0.05) is 41.2 Å². The van der Waals surface area contributed by atoms with Crippen LogP contribution in [-0.2, 0) is 0 Å². The van der Waals surface area contributed by atoms with Crippen molar-refractivity contribution in [2.75, 3.05) is 0 Å². The summed E-state index contributed by atoms with van der Waals surface area (Å²) in [7, 11) is 0. The van der Waals surface area contributed by atoms with E-state index < -0.39 is 5.56 Å². The Hall–Kier alpha value is -2.34. The average Bonchev–Trinajstić information content (AvgIpc) is 2.68. The Morgan fingerprint density at radius 3 is 2.68 bits per heavy atom. The van der Waals surface area contributed by atoms with Gasteiger partial charge in [0.1, 0.15) is 6.20 Å². The zero-order valence-electron chi connectivity index (χ0n) is 10.0. The minimum atomic E-state index is -0.442. The van der Waals surface area contributed by atoms with E-state index in [-0.39, 0.29) is 5.56 Å². The highest BCUT2D eigenvalue weighted by atomic mass is 32.1. The molecular formula is C13H9N3O2S. The Morgan fingerprint density at radius 1 is 1.21 bits per heavy atom. The lowest BCUT2D eigenvalue weighted by Crippen LogP contribution is -2.25. The second kappa shape index (κ2) is 4.40. The van der Waals surface area contributed by atoms with Gasteiger partial charge in [0.05, 0.1) is 4.53 Å². The number of thiazole rings is 1. The number of aryl methyl sites for hydroxylation is 1. The number of rotatable bonds is 1. The standard InChI is InChI=1S/C13H9N3O2S/c1-8-2-4-9(5-3-8)6-10-12(18)16-13(19-10)15-11(17)7-14-16/h2-7H,1H3/b10-6+. The van der Waals surface area contributed by atoms with Gasteiger partial charge >= 0.3 is 0 Å². The molecule has 0 aliphatic heterocycles. The summed E-state index contributed by atoms with van der Waals surface area (Å²) in [6.07, 6.45) is 2.81. The molecule has 0 unspecified atom stereocenters. The van der Waals surface area contributed by atoms with E-state index in [1.165, 1.54) is 0 Å². The lowest BCUT2D eigenvalue weighted by atomic mass is 10.1. The van der Waals surface area contributed by atoms with Crippen LogP contribution in [0.15, 0.2) is 40.1 Å². The van der Waals surface area contributed by atoms with Crippen LogP contribution in [0.4, 0.5) is 0 Å². The maximum absolute atomic E-state index is 12.0. The van der Waals surface area contributed by atoms with Crippen molar-refractivity contribution in [3.05, 3.63) is 66.8 Å². The van der Waals surface area contributed by atoms with Gasteiger partial charge in [0.2, 0.25) is 4.96 Å². The molecule has 0 atom stereocenters. The van der Waals surface area contributed by atoms with Gasteiger partial charge in [-0.05, 0) is 18.6 Å². The number of nitrogens with zero attached hydrogens (tertiary/aromatic N) is 3. The largest absolute Gasteiger partial charge is 0.292 e. The van der Waals surface area contributed by atoms with Crippen molar-refractivity contribution in [1.29, 1.82) is 0 Å². The van der Waals surface area contributed by atoms with E-state index in [0.29, 0.717) is 9.49 Å². The first-order valence-electron chi connectivity index (χ1n) is 5.61. The summed E-state index contributed by atoms with van der Waals surface area (Å²) >= 11 is 1.16. The maximum atomic E-state index is 12.0. The van der Waals surface area contributed by atoms with E-state index in [1.807, 2.05) is 31.2 Å². The third-order valence-electron chi connectivity index (χ3n) is 2.65. The summed E-state index contributed by atoms with van der Waals surface area (Å²) in [5, 5.41) is 3.78. The van der Waals surface area contributed by atoms with Crippen molar-refractivity contribution >= 4 is 22.4 Å². The number of aromatic nitrogens is 3. The molecule has 19 heavy (non-hydrogen) atoms. The van der Waals surface area contributed by atoms with Crippen LogP contribution in [0.5, 0.6) is 0 Å². The Balaban J connectivity index is 2.25. The van der Waals surface area contributed by atoms with Gasteiger partial charge in [0.25, 0.3) is 11.1 Å². The van der Waals surface area contributed by atoms with Crippen molar-refractivity contribution in [2.45, 2.75) is 6.92 Å². The highest BCUT2D eigenvalue weighted by Crippen LogP contribution is 2.04. The lowest BCUT2D eigenvalue weighted by Gasteiger charge is -1.92. The van der Waals surface area contributed by atoms with Crippen LogP contribution in [0.3, 0.4) is 0 Å². The van der Waals surface area contributed by atoms with E-state index in [0.717, 1.165) is 33.2 Å². The second-order valence-electron chi connectivity index (χ2n) is 4.12. The summed E-state index contributed by atoms with van der Waals surface area (Å²) in [5.74, 6) is 0. The molecular weight excluding hydrogens is 262 g/mol. The van der Waals surface area contributed by atoms with E-state index in [4.69, 9.17) is 0 Å². The van der Waals surface area contributed by atoms with Crippen LogP contribution in [0, 0.1) is 6.92 Å². The molecule has 0 spiro atoms. The smallest absolute Gasteiger partial charge is 0.266 e. The molecule has 0 N–H and O–H groups in total. The van der Waals surface area contributed by atoms with Crippen LogP contribution in [-0.4, -0.2) is 14.6 Å². The Bertz CT molecular complexity index is 910. The van der Waals surface area contributed by atoms with E-state index in [1.54, 1.807) is 6.08 Å². The van der Waals surface area contributed by atoms with Crippen molar-refractivity contribution < 1.29 is 0 Å². The van der Waals surface area contributed by atoms with Gasteiger partial charge in [-0.3, -0.25) is 9.59 Å². The number of hydrogen-bond acceptors (Lipinski definition) is 5. The molecule has 0 aliphatic rings. The monoisotopic (exact) mass is 271 g/mol. The summed E-state index contributed by atoms with van der Waals surface area (Å²) in [4.78, 5) is 27.2. The van der Waals surface area contributed by atoms with Gasteiger partial charge in [0.15, 0.2) is 0 Å². The lowest BCUT2D eigenvalue weighted by molar-refractivity contribution is 0.866. The van der Waals surface area contributed by atoms with Crippen LogP contribution >= 0.6 is 11.3 Å². The minimum Gasteiger partial charge on any atom is -0.266 e. The third kappa shape index (κ3) is 2.17. The zero-order valence-corrected chi connectivity index (χ0v) is 10.8. The predicted octanol–water partition coefficient (Wildman–Crippen LogP) is 0.367. The van der Waals surface area contributed by atoms with Gasteiger partial charge in [-0.25, -0.2) is 0 Å². The number of benzene rings is 1. The second-order valence-corrected chi connectivity index (χ2v) is 5.12. The fraction of sp³-hybridized carbons (Fsp3) is 0.0769. The molecule has 2 aromatic heterocycles. The molecule has 0 amide bonds. The fourth-order valence-electron chi connectivity index (χ4n) is 1.68. The highest BCUT2D eigenvalue weighted by Gasteiger charge is 2.05. The SMILES string of the molecule is Cc1ccc(/C=c2/sc3nc(=O)cnn3c2=O)cc1. The molecule has 0 fully saturated rings. The first kappa shape index (κ1) is 11.7. The molecule has 6 heteroatoms. The van der Waals surface area contributed by atoms with Crippen molar-refractivity contribution in [1.82, 2.24) is 14.6 Å². The normalized spacial score (nSPS) is 12.2. The van der Waals surface area contributed by atoms with Gasteiger partial charge < -0.3 is 0 Å². The predicted molar refractivity (Wildman–Crippen MR) is 73.4 cm³/mol. The fourth-order valence-corrected chi connectivity index (χ4v) is 2.60. The molecule has 0 radical (unpaired) electrons. The molecule has 0 bridgehead atoms. The molecule has 3 rings (SSSR count). The van der Waals surface area contributed by atoms with Crippen LogP contribution in [0.2, 0.25) is 0 Å².